The van der Waals surface area contributed by atoms with E-state index in [1.807, 2.05) is 12.1 Å². The summed E-state index contributed by atoms with van der Waals surface area (Å²) in [5, 5.41) is 6.09. The molecule has 0 heterocycles. The Labute approximate surface area is 163 Å². The number of nitrogens with one attached hydrogen (secondary N) is 2. The number of hydrogen-bond donors (Lipinski definition) is 3. The SMILES string of the molecule is I.NC(=NCCNC(=O)c1ccc(Br)cc1)NC1CCCCC1. The zero-order valence-corrected chi connectivity index (χ0v) is 17.0. The van der Waals surface area contributed by atoms with Crippen molar-refractivity contribution in [1.29, 1.82) is 0 Å². The molecule has 0 bridgehead atoms. The molecule has 0 aliphatic heterocycles. The molecule has 1 fully saturated rings. The summed E-state index contributed by atoms with van der Waals surface area (Å²) in [7, 11) is 0. The van der Waals surface area contributed by atoms with Gasteiger partial charge in [-0.3, -0.25) is 9.79 Å². The van der Waals surface area contributed by atoms with E-state index in [2.05, 4.69) is 31.6 Å². The molecule has 0 aromatic heterocycles. The maximum Gasteiger partial charge on any atom is 0.251 e. The van der Waals surface area contributed by atoms with Gasteiger partial charge in [0.15, 0.2) is 5.96 Å². The van der Waals surface area contributed by atoms with E-state index in [0.717, 1.165) is 17.3 Å². The zero-order chi connectivity index (χ0) is 15.8. The Morgan fingerprint density at radius 1 is 1.22 bits per heavy atom. The molecule has 7 heteroatoms. The Bertz CT molecular complexity index is 515. The minimum Gasteiger partial charge on any atom is -0.370 e. The fraction of sp³-hybridized carbons (Fsp3) is 0.500. The molecular weight excluding hydrogens is 471 g/mol. The molecule has 1 amide bonds. The lowest BCUT2D eigenvalue weighted by Gasteiger charge is -2.23. The molecule has 4 N–H and O–H groups in total. The number of nitrogens with zero attached hydrogens (tertiary/aromatic N) is 1. The molecule has 1 aromatic carbocycles. The summed E-state index contributed by atoms with van der Waals surface area (Å²) in [6.07, 6.45) is 6.16. The molecule has 5 nitrogen and oxygen atoms in total. The predicted molar refractivity (Wildman–Crippen MR) is 108 cm³/mol. The number of rotatable bonds is 5. The molecule has 1 saturated carbocycles. The van der Waals surface area contributed by atoms with Gasteiger partial charge in [-0.15, -0.1) is 24.0 Å². The third-order valence-electron chi connectivity index (χ3n) is 3.74. The van der Waals surface area contributed by atoms with Crippen LogP contribution < -0.4 is 16.4 Å². The first kappa shape index (κ1) is 20.2. The quantitative estimate of drug-likeness (QED) is 0.255. The summed E-state index contributed by atoms with van der Waals surface area (Å²) in [5.74, 6) is 0.381. The molecule has 1 aromatic rings. The van der Waals surface area contributed by atoms with Gasteiger partial charge in [-0.2, -0.15) is 0 Å². The molecule has 23 heavy (non-hydrogen) atoms. The summed E-state index contributed by atoms with van der Waals surface area (Å²) in [5.41, 5.74) is 6.51. The van der Waals surface area contributed by atoms with E-state index in [1.54, 1.807) is 12.1 Å². The van der Waals surface area contributed by atoms with Gasteiger partial charge < -0.3 is 16.4 Å². The van der Waals surface area contributed by atoms with E-state index < -0.39 is 0 Å². The van der Waals surface area contributed by atoms with Crippen molar-refractivity contribution in [2.75, 3.05) is 13.1 Å². The number of hydrogen-bond acceptors (Lipinski definition) is 2. The summed E-state index contributed by atoms with van der Waals surface area (Å²) in [4.78, 5) is 16.2. The maximum absolute atomic E-state index is 11.9. The molecule has 0 saturated heterocycles. The van der Waals surface area contributed by atoms with Gasteiger partial charge in [-0.25, -0.2) is 0 Å². The Kier molecular flexibility index (Phi) is 9.54. The van der Waals surface area contributed by atoms with Gasteiger partial charge >= 0.3 is 0 Å². The second kappa shape index (κ2) is 10.9. The van der Waals surface area contributed by atoms with Crippen molar-refractivity contribution in [2.45, 2.75) is 38.1 Å². The highest BCUT2D eigenvalue weighted by Gasteiger charge is 2.13. The molecule has 0 radical (unpaired) electrons. The van der Waals surface area contributed by atoms with E-state index >= 15 is 0 Å². The van der Waals surface area contributed by atoms with E-state index in [4.69, 9.17) is 5.73 Å². The van der Waals surface area contributed by atoms with E-state index in [9.17, 15) is 4.79 Å². The Morgan fingerprint density at radius 2 is 1.87 bits per heavy atom. The normalized spacial score (nSPS) is 15.6. The van der Waals surface area contributed by atoms with E-state index in [-0.39, 0.29) is 29.9 Å². The molecule has 1 aliphatic carbocycles. The monoisotopic (exact) mass is 494 g/mol. The summed E-state index contributed by atoms with van der Waals surface area (Å²) < 4.78 is 0.954. The smallest absolute Gasteiger partial charge is 0.251 e. The van der Waals surface area contributed by atoms with Crippen LogP contribution in [-0.4, -0.2) is 31.0 Å². The van der Waals surface area contributed by atoms with Crippen LogP contribution >= 0.6 is 39.9 Å². The molecular formula is C16H24BrIN4O. The van der Waals surface area contributed by atoms with Gasteiger partial charge in [-0.05, 0) is 37.1 Å². The average Bonchev–Trinajstić information content (AvgIpc) is 2.53. The lowest BCUT2D eigenvalue weighted by Crippen LogP contribution is -2.41. The van der Waals surface area contributed by atoms with E-state index in [1.165, 1.54) is 19.3 Å². The first-order valence-corrected chi connectivity index (χ1v) is 8.54. The molecule has 0 unspecified atom stereocenters. The van der Waals surface area contributed by atoms with Crippen molar-refractivity contribution in [3.05, 3.63) is 34.3 Å². The number of halogens is 2. The average molecular weight is 495 g/mol. The van der Waals surface area contributed by atoms with Crippen LogP contribution in [0.3, 0.4) is 0 Å². The number of aliphatic imine (C=N–C) groups is 1. The summed E-state index contributed by atoms with van der Waals surface area (Å²) in [6.45, 7) is 0.954. The molecule has 2 rings (SSSR count). The predicted octanol–water partition coefficient (Wildman–Crippen LogP) is 3.03. The third kappa shape index (κ3) is 7.52. The van der Waals surface area contributed by atoms with Crippen LogP contribution in [0.25, 0.3) is 0 Å². The fourth-order valence-electron chi connectivity index (χ4n) is 2.55. The van der Waals surface area contributed by atoms with Crippen LogP contribution in [0.5, 0.6) is 0 Å². The van der Waals surface area contributed by atoms with Crippen LogP contribution in [0.4, 0.5) is 0 Å². The van der Waals surface area contributed by atoms with Crippen molar-refractivity contribution < 1.29 is 4.79 Å². The lowest BCUT2D eigenvalue weighted by molar-refractivity contribution is 0.0955. The molecule has 0 spiro atoms. The van der Waals surface area contributed by atoms with Crippen LogP contribution in [0, 0.1) is 0 Å². The highest BCUT2D eigenvalue weighted by Crippen LogP contribution is 2.16. The Morgan fingerprint density at radius 3 is 2.52 bits per heavy atom. The van der Waals surface area contributed by atoms with Crippen LogP contribution in [-0.2, 0) is 0 Å². The van der Waals surface area contributed by atoms with Crippen molar-refractivity contribution >= 4 is 51.8 Å². The fourth-order valence-corrected chi connectivity index (χ4v) is 2.82. The second-order valence-corrected chi connectivity index (χ2v) is 6.42. The van der Waals surface area contributed by atoms with Crippen molar-refractivity contribution in [1.82, 2.24) is 10.6 Å². The summed E-state index contributed by atoms with van der Waals surface area (Å²) in [6, 6.07) is 7.71. The highest BCUT2D eigenvalue weighted by molar-refractivity contribution is 14.0. The lowest BCUT2D eigenvalue weighted by atomic mass is 9.96. The number of carbonyl (C=O) groups excluding carboxylic acids is 1. The topological polar surface area (TPSA) is 79.5 Å². The minimum atomic E-state index is -0.0958. The van der Waals surface area contributed by atoms with Crippen LogP contribution in [0.15, 0.2) is 33.7 Å². The molecule has 128 valence electrons. The minimum absolute atomic E-state index is 0. The van der Waals surface area contributed by atoms with Gasteiger partial charge in [0.2, 0.25) is 0 Å². The Balaban J connectivity index is 0.00000264. The first-order chi connectivity index (χ1) is 10.6. The third-order valence-corrected chi connectivity index (χ3v) is 4.27. The number of nitrogens with two attached hydrogens (primary N) is 1. The van der Waals surface area contributed by atoms with Gasteiger partial charge in [0.05, 0.1) is 6.54 Å². The largest absolute Gasteiger partial charge is 0.370 e. The highest BCUT2D eigenvalue weighted by atomic mass is 127. The zero-order valence-electron chi connectivity index (χ0n) is 13.1. The van der Waals surface area contributed by atoms with E-state index in [0.29, 0.717) is 30.7 Å². The standard InChI is InChI=1S/C16H23BrN4O.HI/c17-13-8-6-12(7-9-13)15(22)19-10-11-20-16(18)21-14-4-2-1-3-5-14;/h6-9,14H,1-5,10-11H2,(H,19,22)(H3,18,20,21);1H. The number of carbonyl (C=O) groups is 1. The molecule has 1 aliphatic rings. The van der Waals surface area contributed by atoms with Gasteiger partial charge in [0.1, 0.15) is 0 Å². The van der Waals surface area contributed by atoms with Crippen molar-refractivity contribution in [3.8, 4) is 0 Å². The van der Waals surface area contributed by atoms with Gasteiger partial charge in [-0.1, -0.05) is 35.2 Å². The maximum atomic E-state index is 11.9. The van der Waals surface area contributed by atoms with Crippen LogP contribution in [0.1, 0.15) is 42.5 Å². The van der Waals surface area contributed by atoms with Gasteiger partial charge in [0, 0.05) is 22.6 Å². The summed E-state index contributed by atoms with van der Waals surface area (Å²) >= 11 is 3.34. The molecule has 0 atom stereocenters. The number of benzene rings is 1. The first-order valence-electron chi connectivity index (χ1n) is 7.75. The Hall–Kier alpha value is -0.830. The number of amides is 1. The van der Waals surface area contributed by atoms with Crippen molar-refractivity contribution in [3.63, 3.8) is 0 Å². The van der Waals surface area contributed by atoms with Crippen molar-refractivity contribution in [2.24, 2.45) is 10.7 Å². The van der Waals surface area contributed by atoms with Gasteiger partial charge in [0.25, 0.3) is 5.91 Å². The second-order valence-electron chi connectivity index (χ2n) is 5.51. The number of guanidine groups is 1. The van der Waals surface area contributed by atoms with Crippen LogP contribution in [0.2, 0.25) is 0 Å².